The predicted molar refractivity (Wildman–Crippen MR) is 263 cm³/mol. The molecule has 1 heterocycles. The summed E-state index contributed by atoms with van der Waals surface area (Å²) in [4.78, 5) is 2.31. The summed E-state index contributed by atoms with van der Waals surface area (Å²) in [6, 6.07) is 67.5. The standard InChI is InChI=1S/C59H46ClNS/c1-36-42-28-45-30-43(36)31-46(29-42)59(45)53-26-22-40(41-23-27-57-51(32-41)50-14-8-9-15-56(50)62-57)33-52(53)58-54(59)34-44(35-55(58)60)39-18-16-37(17-19-39)38-20-24-49(25-21-38)61(47-10-4-2-5-11-47)48-12-6-3-7-13-48/h2-27,32-36,42-43,45-46H,28-31H2,1H3. The van der Waals surface area contributed by atoms with Crippen molar-refractivity contribution < 1.29 is 0 Å². The highest BCUT2D eigenvalue weighted by Gasteiger charge is 2.63. The average molecular weight is 837 g/mol. The first-order valence-electron chi connectivity index (χ1n) is 22.5. The molecule has 1 spiro atoms. The molecule has 0 saturated heterocycles. The summed E-state index contributed by atoms with van der Waals surface area (Å²) in [7, 11) is 0. The fourth-order valence-corrected chi connectivity index (χ4v) is 14.4. The van der Waals surface area contributed by atoms with Crippen LogP contribution < -0.4 is 4.90 Å². The molecule has 0 N–H and O–H groups in total. The summed E-state index contributed by atoms with van der Waals surface area (Å²) in [5.41, 5.74) is 16.5. The molecule has 14 rings (SSSR count). The summed E-state index contributed by atoms with van der Waals surface area (Å²) in [5, 5.41) is 3.58. The number of halogens is 1. The minimum absolute atomic E-state index is 0.0125. The highest BCUT2D eigenvalue weighted by atomic mass is 35.5. The lowest BCUT2D eigenvalue weighted by Crippen LogP contribution is -2.57. The maximum atomic E-state index is 7.65. The Morgan fingerprint density at radius 2 is 0.984 bits per heavy atom. The number of para-hydroxylation sites is 2. The largest absolute Gasteiger partial charge is 0.311 e. The van der Waals surface area contributed by atoms with Gasteiger partial charge in [0, 0.05) is 53.2 Å². The van der Waals surface area contributed by atoms with Crippen LogP contribution in [0.2, 0.25) is 5.02 Å². The maximum Gasteiger partial charge on any atom is 0.0493 e. The van der Waals surface area contributed by atoms with Crippen LogP contribution in [0.15, 0.2) is 182 Å². The lowest BCUT2D eigenvalue weighted by Gasteiger charge is -2.63. The molecular formula is C59H46ClNS. The zero-order chi connectivity index (χ0) is 41.1. The van der Waals surface area contributed by atoms with Gasteiger partial charge in [0.1, 0.15) is 0 Å². The molecule has 5 aliphatic rings. The van der Waals surface area contributed by atoms with Crippen LogP contribution in [0.5, 0.6) is 0 Å². The minimum atomic E-state index is 0.0125. The highest BCUT2D eigenvalue weighted by molar-refractivity contribution is 7.25. The number of rotatable bonds is 6. The third-order valence-electron chi connectivity index (χ3n) is 15.8. The van der Waals surface area contributed by atoms with Crippen molar-refractivity contribution in [3.8, 4) is 44.5 Å². The van der Waals surface area contributed by atoms with E-state index in [4.69, 9.17) is 11.6 Å². The van der Waals surface area contributed by atoms with Gasteiger partial charge < -0.3 is 4.90 Å². The molecule has 4 bridgehead atoms. The van der Waals surface area contributed by atoms with Gasteiger partial charge in [0.25, 0.3) is 0 Å². The van der Waals surface area contributed by atoms with Gasteiger partial charge in [0.15, 0.2) is 0 Å². The lowest BCUT2D eigenvalue weighted by molar-refractivity contribution is -0.0769. The van der Waals surface area contributed by atoms with Crippen molar-refractivity contribution in [1.82, 2.24) is 0 Å². The Balaban J connectivity index is 0.881. The van der Waals surface area contributed by atoms with Crippen LogP contribution >= 0.6 is 22.9 Å². The lowest BCUT2D eigenvalue weighted by atomic mass is 9.41. The Kier molecular flexibility index (Phi) is 8.31. The maximum absolute atomic E-state index is 7.65. The van der Waals surface area contributed by atoms with Gasteiger partial charge in [-0.25, -0.2) is 0 Å². The molecule has 0 unspecified atom stereocenters. The Hall–Kier alpha value is -5.93. The van der Waals surface area contributed by atoms with Gasteiger partial charge in [-0.05, 0) is 178 Å². The van der Waals surface area contributed by atoms with Crippen LogP contribution in [0.3, 0.4) is 0 Å². The third kappa shape index (κ3) is 5.46. The molecule has 0 aliphatic heterocycles. The molecule has 8 aromatic carbocycles. The van der Waals surface area contributed by atoms with Crippen molar-refractivity contribution in [1.29, 1.82) is 0 Å². The van der Waals surface area contributed by atoms with E-state index in [2.05, 4.69) is 194 Å². The minimum Gasteiger partial charge on any atom is -0.311 e. The van der Waals surface area contributed by atoms with E-state index in [0.717, 1.165) is 39.8 Å². The van der Waals surface area contributed by atoms with E-state index in [9.17, 15) is 0 Å². The van der Waals surface area contributed by atoms with Crippen molar-refractivity contribution in [2.75, 3.05) is 4.90 Å². The number of fused-ring (bicyclic) bond motifs is 6. The number of nitrogens with zero attached hydrogens (tertiary/aromatic N) is 1. The molecule has 9 aromatic rings. The van der Waals surface area contributed by atoms with Crippen molar-refractivity contribution in [2.24, 2.45) is 29.6 Å². The molecule has 4 saturated carbocycles. The van der Waals surface area contributed by atoms with Gasteiger partial charge in [-0.1, -0.05) is 128 Å². The smallest absolute Gasteiger partial charge is 0.0493 e. The number of thiophene rings is 1. The first-order chi connectivity index (χ1) is 30.5. The molecule has 0 radical (unpaired) electrons. The predicted octanol–water partition coefficient (Wildman–Crippen LogP) is 17.1. The molecule has 3 heteroatoms. The second-order valence-corrected chi connectivity index (χ2v) is 20.2. The molecular weight excluding hydrogens is 790 g/mol. The topological polar surface area (TPSA) is 3.24 Å². The SMILES string of the molecule is CC1C2CC3CC1CC(C2)C31c2ccc(-c3ccc4sc5ccccc5c4c3)cc2-c2c(Cl)cc(-c3ccc(-c4ccc(N(c5ccccc5)c5ccccc5)cc4)cc3)cc21. The fourth-order valence-electron chi connectivity index (χ4n) is 13.0. The van der Waals surface area contributed by atoms with E-state index in [0.29, 0.717) is 11.8 Å². The van der Waals surface area contributed by atoms with E-state index in [1.807, 2.05) is 11.3 Å². The quantitative estimate of drug-likeness (QED) is 0.161. The van der Waals surface area contributed by atoms with Gasteiger partial charge in [0.2, 0.25) is 0 Å². The van der Waals surface area contributed by atoms with E-state index in [1.54, 1.807) is 0 Å². The number of benzene rings is 8. The van der Waals surface area contributed by atoms with Gasteiger partial charge in [-0.15, -0.1) is 11.3 Å². The first kappa shape index (κ1) is 36.7. The number of anilines is 3. The monoisotopic (exact) mass is 835 g/mol. The zero-order valence-electron chi connectivity index (χ0n) is 34.8. The summed E-state index contributed by atoms with van der Waals surface area (Å²) >= 11 is 9.54. The van der Waals surface area contributed by atoms with Crippen molar-refractivity contribution in [3.05, 3.63) is 198 Å². The van der Waals surface area contributed by atoms with Crippen LogP contribution in [0.4, 0.5) is 17.1 Å². The van der Waals surface area contributed by atoms with Crippen LogP contribution in [0.1, 0.15) is 43.7 Å². The Labute approximate surface area is 373 Å². The van der Waals surface area contributed by atoms with Crippen LogP contribution in [-0.2, 0) is 5.41 Å². The summed E-state index contributed by atoms with van der Waals surface area (Å²) in [5.74, 6) is 3.85. The Morgan fingerprint density at radius 3 is 1.65 bits per heavy atom. The van der Waals surface area contributed by atoms with Crippen LogP contribution in [0, 0.1) is 29.6 Å². The Bertz CT molecular complexity index is 3110. The molecule has 1 aromatic heterocycles. The third-order valence-corrected chi connectivity index (χ3v) is 17.3. The molecule has 1 nitrogen and oxygen atoms in total. The van der Waals surface area contributed by atoms with Crippen molar-refractivity contribution in [2.45, 2.75) is 38.0 Å². The highest BCUT2D eigenvalue weighted by Crippen LogP contribution is 2.71. The van der Waals surface area contributed by atoms with Crippen molar-refractivity contribution >= 4 is 60.2 Å². The molecule has 300 valence electrons. The normalized spacial score (nSPS) is 23.0. The number of hydrogen-bond acceptors (Lipinski definition) is 2. The average Bonchev–Trinajstić information content (AvgIpc) is 3.83. The van der Waals surface area contributed by atoms with Gasteiger partial charge in [0.05, 0.1) is 0 Å². The fraction of sp³-hybridized carbons (Fsp3) is 0.186. The first-order valence-corrected chi connectivity index (χ1v) is 23.7. The molecule has 0 atom stereocenters. The van der Waals surface area contributed by atoms with E-state index in [-0.39, 0.29) is 5.41 Å². The second kappa shape index (κ2) is 14.0. The van der Waals surface area contributed by atoms with Gasteiger partial charge in [-0.3, -0.25) is 0 Å². The molecule has 0 amide bonds. The summed E-state index contributed by atoms with van der Waals surface area (Å²) < 4.78 is 2.69. The van der Waals surface area contributed by atoms with E-state index >= 15 is 0 Å². The van der Waals surface area contributed by atoms with E-state index < -0.39 is 0 Å². The Morgan fingerprint density at radius 1 is 0.468 bits per heavy atom. The van der Waals surface area contributed by atoms with Crippen LogP contribution in [0.25, 0.3) is 64.7 Å². The van der Waals surface area contributed by atoms with E-state index in [1.165, 1.54) is 101 Å². The molecule has 4 fully saturated rings. The summed E-state index contributed by atoms with van der Waals surface area (Å²) in [6.45, 7) is 2.55. The van der Waals surface area contributed by atoms with Crippen molar-refractivity contribution in [3.63, 3.8) is 0 Å². The number of hydrogen-bond donors (Lipinski definition) is 0. The van der Waals surface area contributed by atoms with Gasteiger partial charge in [-0.2, -0.15) is 0 Å². The summed E-state index contributed by atoms with van der Waals surface area (Å²) in [6.07, 6.45) is 5.34. The zero-order valence-corrected chi connectivity index (χ0v) is 36.3. The second-order valence-electron chi connectivity index (χ2n) is 18.7. The molecule has 5 aliphatic carbocycles. The van der Waals surface area contributed by atoms with Gasteiger partial charge >= 0.3 is 0 Å². The van der Waals surface area contributed by atoms with Crippen LogP contribution in [-0.4, -0.2) is 0 Å². The molecule has 62 heavy (non-hydrogen) atoms.